The number of aryl methyl sites for hydroxylation is 1. The van der Waals surface area contributed by atoms with Crippen LogP contribution in [-0.2, 0) is 20.0 Å². The largest absolute Gasteiger partial charge is 0.332 e. The lowest BCUT2D eigenvalue weighted by Crippen LogP contribution is -2.25. The summed E-state index contributed by atoms with van der Waals surface area (Å²) in [5.41, 5.74) is 3.33. The summed E-state index contributed by atoms with van der Waals surface area (Å²) >= 11 is 5.36. The molecule has 2 heterocycles. The van der Waals surface area contributed by atoms with E-state index < -0.39 is 0 Å². The average molecular weight is 287 g/mol. The molecule has 0 saturated carbocycles. The molecule has 0 spiro atoms. The Hall–Kier alpha value is -1.92. The van der Waals surface area contributed by atoms with Crippen LogP contribution in [0.1, 0.15) is 11.3 Å². The van der Waals surface area contributed by atoms with Gasteiger partial charge in [0.05, 0.1) is 5.69 Å². The highest BCUT2D eigenvalue weighted by atomic mass is 32.1. The van der Waals surface area contributed by atoms with Crippen LogP contribution in [0.2, 0.25) is 0 Å². The number of nitrogens with zero attached hydrogens (tertiary/aromatic N) is 2. The molecular weight excluding hydrogens is 270 g/mol. The molecule has 1 aliphatic heterocycles. The number of rotatable bonds is 2. The molecule has 0 radical (unpaired) electrons. The Balaban J connectivity index is 1.75. The number of hydrogen-bond donors (Lipinski definition) is 3. The fraction of sp³-hybridized carbons (Fsp3) is 0.286. The van der Waals surface area contributed by atoms with Crippen molar-refractivity contribution >= 4 is 28.8 Å². The first-order valence-electron chi connectivity index (χ1n) is 6.62. The molecular formula is C14H17N5S. The molecule has 104 valence electrons. The van der Waals surface area contributed by atoms with E-state index in [0.717, 1.165) is 36.7 Å². The molecule has 2 aromatic rings. The Morgan fingerprint density at radius 2 is 2.10 bits per heavy atom. The predicted octanol–water partition coefficient (Wildman–Crippen LogP) is 1.87. The van der Waals surface area contributed by atoms with Gasteiger partial charge in [0.15, 0.2) is 5.11 Å². The van der Waals surface area contributed by atoms with Crippen molar-refractivity contribution < 1.29 is 0 Å². The molecule has 0 aliphatic carbocycles. The normalized spacial score (nSPS) is 13.7. The van der Waals surface area contributed by atoms with E-state index in [2.05, 4.69) is 21.0 Å². The molecule has 0 bridgehead atoms. The summed E-state index contributed by atoms with van der Waals surface area (Å²) < 4.78 is 1.86. The second kappa shape index (κ2) is 5.60. The van der Waals surface area contributed by atoms with Crippen molar-refractivity contribution in [3.63, 3.8) is 0 Å². The molecule has 20 heavy (non-hydrogen) atoms. The summed E-state index contributed by atoms with van der Waals surface area (Å²) in [6.07, 6.45) is 0.962. The summed E-state index contributed by atoms with van der Waals surface area (Å²) in [7, 11) is 1.94. The fourth-order valence-corrected chi connectivity index (χ4v) is 2.59. The minimum Gasteiger partial charge on any atom is -0.332 e. The number of para-hydroxylation sites is 1. The van der Waals surface area contributed by atoms with E-state index in [1.165, 1.54) is 5.56 Å². The van der Waals surface area contributed by atoms with Crippen molar-refractivity contribution in [2.24, 2.45) is 7.05 Å². The summed E-state index contributed by atoms with van der Waals surface area (Å²) in [4.78, 5) is 0. The van der Waals surface area contributed by atoms with Crippen molar-refractivity contribution in [1.82, 2.24) is 15.1 Å². The lowest BCUT2D eigenvalue weighted by atomic mass is 10.1. The van der Waals surface area contributed by atoms with E-state index in [1.54, 1.807) is 0 Å². The molecule has 5 nitrogen and oxygen atoms in total. The van der Waals surface area contributed by atoms with Gasteiger partial charge in [0.1, 0.15) is 5.82 Å². The summed E-state index contributed by atoms with van der Waals surface area (Å²) in [6.45, 7) is 1.82. The molecule has 0 unspecified atom stereocenters. The van der Waals surface area contributed by atoms with Gasteiger partial charge in [0.2, 0.25) is 0 Å². The fourth-order valence-electron chi connectivity index (χ4n) is 2.38. The summed E-state index contributed by atoms with van der Waals surface area (Å²) in [5, 5.41) is 14.9. The number of aromatic nitrogens is 2. The van der Waals surface area contributed by atoms with E-state index in [4.69, 9.17) is 12.2 Å². The maximum Gasteiger partial charge on any atom is 0.176 e. The zero-order chi connectivity index (χ0) is 13.9. The number of hydrogen-bond acceptors (Lipinski definition) is 3. The minimum atomic E-state index is 0.576. The van der Waals surface area contributed by atoms with Gasteiger partial charge in [-0.3, -0.25) is 4.68 Å². The van der Waals surface area contributed by atoms with E-state index in [0.29, 0.717) is 5.11 Å². The zero-order valence-corrected chi connectivity index (χ0v) is 12.1. The molecule has 0 atom stereocenters. The third-order valence-corrected chi connectivity index (χ3v) is 3.54. The smallest absolute Gasteiger partial charge is 0.176 e. The van der Waals surface area contributed by atoms with Gasteiger partial charge >= 0.3 is 0 Å². The molecule has 0 saturated heterocycles. The quantitative estimate of drug-likeness (QED) is 0.736. The number of nitrogens with one attached hydrogen (secondary N) is 3. The first-order chi connectivity index (χ1) is 9.74. The molecule has 6 heteroatoms. The summed E-state index contributed by atoms with van der Waals surface area (Å²) in [5.74, 6) is 0.959. The highest BCUT2D eigenvalue weighted by Gasteiger charge is 2.19. The van der Waals surface area contributed by atoms with Crippen molar-refractivity contribution in [3.05, 3.63) is 41.6 Å². The third kappa shape index (κ3) is 2.66. The van der Waals surface area contributed by atoms with E-state index in [-0.39, 0.29) is 0 Å². The number of benzene rings is 1. The monoisotopic (exact) mass is 287 g/mol. The number of anilines is 2. The molecule has 1 aromatic heterocycles. The molecule has 0 fully saturated rings. The van der Waals surface area contributed by atoms with Crippen LogP contribution < -0.4 is 16.0 Å². The molecule has 3 N–H and O–H groups in total. The van der Waals surface area contributed by atoms with Crippen LogP contribution in [0, 0.1) is 0 Å². The molecule has 3 rings (SSSR count). The summed E-state index contributed by atoms with van der Waals surface area (Å²) in [6, 6.07) is 9.88. The predicted molar refractivity (Wildman–Crippen MR) is 84.9 cm³/mol. The van der Waals surface area contributed by atoms with Gasteiger partial charge in [-0.2, -0.15) is 5.10 Å². The number of thiocarbonyl (C=S) groups is 1. The van der Waals surface area contributed by atoms with Crippen LogP contribution in [0.4, 0.5) is 11.5 Å². The van der Waals surface area contributed by atoms with Crippen LogP contribution in [-0.4, -0.2) is 21.4 Å². The van der Waals surface area contributed by atoms with Crippen LogP contribution in [0.25, 0.3) is 0 Å². The van der Waals surface area contributed by atoms with Gasteiger partial charge in [-0.25, -0.2) is 0 Å². The van der Waals surface area contributed by atoms with Crippen LogP contribution in [0.3, 0.4) is 0 Å². The molecule has 0 amide bonds. The maximum atomic E-state index is 5.36. The van der Waals surface area contributed by atoms with Crippen LogP contribution >= 0.6 is 12.2 Å². The zero-order valence-electron chi connectivity index (χ0n) is 11.3. The van der Waals surface area contributed by atoms with Crippen molar-refractivity contribution in [1.29, 1.82) is 0 Å². The van der Waals surface area contributed by atoms with Crippen LogP contribution in [0.5, 0.6) is 0 Å². The standard InChI is InChI=1S/C14H17N5S/c1-19-13(11-9-15-8-7-12(11)18-19)17-14(20)16-10-5-3-2-4-6-10/h2-6,15H,7-9H2,1H3,(H2,16,17,20). The van der Waals surface area contributed by atoms with Gasteiger partial charge in [0.25, 0.3) is 0 Å². The lowest BCUT2D eigenvalue weighted by molar-refractivity contribution is 0.633. The SMILES string of the molecule is Cn1nc2c(c1NC(=S)Nc1ccccc1)CNCC2. The Morgan fingerprint density at radius 1 is 1.30 bits per heavy atom. The molecule has 1 aromatic carbocycles. The second-order valence-electron chi connectivity index (χ2n) is 4.77. The topological polar surface area (TPSA) is 53.9 Å². The Kier molecular flexibility index (Phi) is 3.66. The highest BCUT2D eigenvalue weighted by molar-refractivity contribution is 7.80. The van der Waals surface area contributed by atoms with Gasteiger partial charge in [0, 0.05) is 37.8 Å². The average Bonchev–Trinajstić information content (AvgIpc) is 2.76. The van der Waals surface area contributed by atoms with Crippen molar-refractivity contribution in [3.8, 4) is 0 Å². The van der Waals surface area contributed by atoms with Crippen LogP contribution in [0.15, 0.2) is 30.3 Å². The Bertz CT molecular complexity index is 620. The Morgan fingerprint density at radius 3 is 2.90 bits per heavy atom. The maximum absolute atomic E-state index is 5.36. The minimum absolute atomic E-state index is 0.576. The lowest BCUT2D eigenvalue weighted by Gasteiger charge is -2.15. The third-order valence-electron chi connectivity index (χ3n) is 3.33. The van der Waals surface area contributed by atoms with Crippen molar-refractivity contribution in [2.75, 3.05) is 17.2 Å². The van der Waals surface area contributed by atoms with E-state index in [1.807, 2.05) is 42.1 Å². The van der Waals surface area contributed by atoms with Gasteiger partial charge in [-0.1, -0.05) is 18.2 Å². The first kappa shape index (κ1) is 13.1. The van der Waals surface area contributed by atoms with Gasteiger partial charge < -0.3 is 16.0 Å². The van der Waals surface area contributed by atoms with Gasteiger partial charge in [-0.15, -0.1) is 0 Å². The first-order valence-corrected chi connectivity index (χ1v) is 7.03. The number of fused-ring (bicyclic) bond motifs is 1. The van der Waals surface area contributed by atoms with E-state index in [9.17, 15) is 0 Å². The van der Waals surface area contributed by atoms with Gasteiger partial charge in [-0.05, 0) is 24.4 Å². The van der Waals surface area contributed by atoms with E-state index >= 15 is 0 Å². The Labute approximate surface area is 123 Å². The highest BCUT2D eigenvalue weighted by Crippen LogP contribution is 2.22. The second-order valence-corrected chi connectivity index (χ2v) is 5.18. The van der Waals surface area contributed by atoms with Crippen molar-refractivity contribution in [2.45, 2.75) is 13.0 Å². The molecule has 1 aliphatic rings.